The quantitative estimate of drug-likeness (QED) is 0.886. The number of nitrogens with zero attached hydrogens (tertiary/aromatic N) is 1. The summed E-state index contributed by atoms with van der Waals surface area (Å²) in [6.07, 6.45) is 0.0864. The lowest BCUT2D eigenvalue weighted by atomic mass is 10.1. The maximum atomic E-state index is 13.0. The second-order valence-corrected chi connectivity index (χ2v) is 5.74. The van der Waals surface area contributed by atoms with E-state index in [9.17, 15) is 14.0 Å². The molecule has 1 aliphatic heterocycles. The van der Waals surface area contributed by atoms with Crippen molar-refractivity contribution >= 4 is 23.2 Å². The van der Waals surface area contributed by atoms with Gasteiger partial charge in [0.25, 0.3) is 5.91 Å². The van der Waals surface area contributed by atoms with Gasteiger partial charge < -0.3 is 5.32 Å². The van der Waals surface area contributed by atoms with Gasteiger partial charge in [-0.2, -0.15) is 0 Å². The molecule has 0 bridgehead atoms. The zero-order chi connectivity index (χ0) is 16.6. The van der Waals surface area contributed by atoms with Gasteiger partial charge in [-0.25, -0.2) is 9.29 Å². The first-order valence-corrected chi connectivity index (χ1v) is 7.42. The first kappa shape index (κ1) is 15.2. The molecule has 23 heavy (non-hydrogen) atoms. The van der Waals surface area contributed by atoms with Gasteiger partial charge in [-0.1, -0.05) is 6.07 Å². The third kappa shape index (κ3) is 2.95. The molecule has 0 aromatic heterocycles. The average Bonchev–Trinajstić information content (AvgIpc) is 2.79. The van der Waals surface area contributed by atoms with Crippen molar-refractivity contribution < 1.29 is 14.0 Å². The standard InChI is InChI=1S/C18H17FN2O2/c1-11-3-6-14(9-12(11)2)20-16-10-17(22)21(18(16)23)15-7-4-13(19)5-8-15/h3-9,16,20H,10H2,1-2H3. The summed E-state index contributed by atoms with van der Waals surface area (Å²) >= 11 is 0. The van der Waals surface area contributed by atoms with Crippen molar-refractivity contribution in [1.82, 2.24) is 0 Å². The molecule has 2 aromatic rings. The number of hydrogen-bond acceptors (Lipinski definition) is 3. The Morgan fingerprint density at radius 1 is 1.04 bits per heavy atom. The Morgan fingerprint density at radius 3 is 2.39 bits per heavy atom. The molecule has 0 radical (unpaired) electrons. The largest absolute Gasteiger partial charge is 0.373 e. The van der Waals surface area contributed by atoms with Crippen molar-refractivity contribution in [3.05, 3.63) is 59.4 Å². The molecule has 0 aliphatic carbocycles. The van der Waals surface area contributed by atoms with E-state index in [4.69, 9.17) is 0 Å². The minimum atomic E-state index is -0.602. The summed E-state index contributed by atoms with van der Waals surface area (Å²) in [5.41, 5.74) is 3.48. The van der Waals surface area contributed by atoms with Crippen LogP contribution in [0.15, 0.2) is 42.5 Å². The molecule has 1 heterocycles. The van der Waals surface area contributed by atoms with Gasteiger partial charge in [-0.3, -0.25) is 9.59 Å². The predicted octanol–water partition coefficient (Wildman–Crippen LogP) is 3.19. The number of nitrogens with one attached hydrogen (secondary N) is 1. The zero-order valence-electron chi connectivity index (χ0n) is 13.0. The lowest BCUT2D eigenvalue weighted by molar-refractivity contribution is -0.121. The lowest BCUT2D eigenvalue weighted by Gasteiger charge is -2.16. The number of aryl methyl sites for hydroxylation is 2. The maximum Gasteiger partial charge on any atom is 0.256 e. The fraction of sp³-hybridized carbons (Fsp3) is 0.222. The average molecular weight is 312 g/mol. The number of hydrogen-bond donors (Lipinski definition) is 1. The molecule has 4 nitrogen and oxygen atoms in total. The number of anilines is 2. The first-order chi connectivity index (χ1) is 11.0. The van der Waals surface area contributed by atoms with Crippen molar-refractivity contribution in [3.8, 4) is 0 Å². The van der Waals surface area contributed by atoms with E-state index in [1.165, 1.54) is 24.3 Å². The van der Waals surface area contributed by atoms with E-state index < -0.39 is 11.9 Å². The van der Waals surface area contributed by atoms with E-state index in [1.54, 1.807) is 0 Å². The van der Waals surface area contributed by atoms with E-state index in [0.29, 0.717) is 5.69 Å². The highest BCUT2D eigenvalue weighted by molar-refractivity contribution is 6.23. The molecule has 1 unspecified atom stereocenters. The molecule has 1 fully saturated rings. The first-order valence-electron chi connectivity index (χ1n) is 7.42. The van der Waals surface area contributed by atoms with Crippen LogP contribution in [-0.2, 0) is 9.59 Å². The second-order valence-electron chi connectivity index (χ2n) is 5.74. The van der Waals surface area contributed by atoms with Gasteiger partial charge in [0.1, 0.15) is 11.9 Å². The van der Waals surface area contributed by atoms with Crippen LogP contribution in [-0.4, -0.2) is 17.9 Å². The number of imide groups is 1. The Hall–Kier alpha value is -2.69. The third-order valence-corrected chi connectivity index (χ3v) is 4.08. The van der Waals surface area contributed by atoms with E-state index in [0.717, 1.165) is 21.7 Å². The summed E-state index contributed by atoms with van der Waals surface area (Å²) in [5.74, 6) is -1.01. The van der Waals surface area contributed by atoms with Gasteiger partial charge in [-0.15, -0.1) is 0 Å². The Balaban J connectivity index is 1.80. The molecule has 2 amide bonds. The molecule has 3 rings (SSSR count). The molecule has 1 atom stereocenters. The summed E-state index contributed by atoms with van der Waals surface area (Å²) < 4.78 is 13.0. The summed E-state index contributed by atoms with van der Waals surface area (Å²) in [6, 6.07) is 10.5. The smallest absolute Gasteiger partial charge is 0.256 e. The topological polar surface area (TPSA) is 49.4 Å². The molecule has 5 heteroatoms. The number of carbonyl (C=O) groups excluding carboxylic acids is 2. The van der Waals surface area contributed by atoms with E-state index in [-0.39, 0.29) is 18.2 Å². The minimum Gasteiger partial charge on any atom is -0.373 e. The lowest BCUT2D eigenvalue weighted by Crippen LogP contribution is -2.34. The van der Waals surface area contributed by atoms with Crippen LogP contribution in [0.1, 0.15) is 17.5 Å². The van der Waals surface area contributed by atoms with Gasteiger partial charge >= 0.3 is 0 Å². The highest BCUT2D eigenvalue weighted by atomic mass is 19.1. The number of rotatable bonds is 3. The van der Waals surface area contributed by atoms with Crippen molar-refractivity contribution in [2.75, 3.05) is 10.2 Å². The highest BCUT2D eigenvalue weighted by Gasteiger charge is 2.39. The molecule has 0 spiro atoms. The van der Waals surface area contributed by atoms with Crippen molar-refractivity contribution in [2.24, 2.45) is 0 Å². The van der Waals surface area contributed by atoms with Gasteiger partial charge in [0, 0.05) is 5.69 Å². The van der Waals surface area contributed by atoms with E-state index in [1.807, 2.05) is 32.0 Å². The molecule has 1 aliphatic rings. The van der Waals surface area contributed by atoms with Crippen LogP contribution >= 0.6 is 0 Å². The molecular weight excluding hydrogens is 295 g/mol. The fourth-order valence-electron chi connectivity index (χ4n) is 2.64. The monoisotopic (exact) mass is 312 g/mol. The van der Waals surface area contributed by atoms with Gasteiger partial charge in [0.2, 0.25) is 5.91 Å². The Morgan fingerprint density at radius 2 is 1.74 bits per heavy atom. The summed E-state index contributed by atoms with van der Waals surface area (Å²) in [5, 5.41) is 3.11. The Bertz CT molecular complexity index is 771. The van der Waals surface area contributed by atoms with E-state index >= 15 is 0 Å². The molecule has 1 saturated heterocycles. The summed E-state index contributed by atoms with van der Waals surface area (Å²) in [7, 11) is 0. The van der Waals surface area contributed by atoms with Crippen molar-refractivity contribution in [1.29, 1.82) is 0 Å². The minimum absolute atomic E-state index is 0.0864. The predicted molar refractivity (Wildman–Crippen MR) is 86.8 cm³/mol. The SMILES string of the molecule is Cc1ccc(NC2CC(=O)N(c3ccc(F)cc3)C2=O)cc1C. The molecule has 2 aromatic carbocycles. The molecule has 0 saturated carbocycles. The van der Waals surface area contributed by atoms with Crippen LogP contribution in [0.5, 0.6) is 0 Å². The van der Waals surface area contributed by atoms with Crippen molar-refractivity contribution in [3.63, 3.8) is 0 Å². The van der Waals surface area contributed by atoms with Crippen LogP contribution in [0, 0.1) is 19.7 Å². The van der Waals surface area contributed by atoms with Gasteiger partial charge in [0.05, 0.1) is 12.1 Å². The van der Waals surface area contributed by atoms with E-state index in [2.05, 4.69) is 5.32 Å². The number of benzene rings is 2. The van der Waals surface area contributed by atoms with Crippen LogP contribution in [0.2, 0.25) is 0 Å². The Kier molecular flexibility index (Phi) is 3.86. The van der Waals surface area contributed by atoms with Gasteiger partial charge in [0.15, 0.2) is 0 Å². The van der Waals surface area contributed by atoms with Gasteiger partial charge in [-0.05, 0) is 61.4 Å². The number of amides is 2. The molecular formula is C18H17FN2O2. The third-order valence-electron chi connectivity index (χ3n) is 4.08. The normalized spacial score (nSPS) is 17.7. The maximum absolute atomic E-state index is 13.0. The van der Waals surface area contributed by atoms with Crippen LogP contribution in [0.4, 0.5) is 15.8 Å². The number of halogens is 1. The highest BCUT2D eigenvalue weighted by Crippen LogP contribution is 2.25. The fourth-order valence-corrected chi connectivity index (χ4v) is 2.64. The summed E-state index contributed by atoms with van der Waals surface area (Å²) in [6.45, 7) is 4.01. The molecule has 1 N–H and O–H groups in total. The number of carbonyl (C=O) groups is 2. The van der Waals surface area contributed by atoms with Crippen molar-refractivity contribution in [2.45, 2.75) is 26.3 Å². The van der Waals surface area contributed by atoms with Crippen LogP contribution < -0.4 is 10.2 Å². The Labute approximate surface area is 133 Å². The summed E-state index contributed by atoms with van der Waals surface area (Å²) in [4.78, 5) is 25.8. The zero-order valence-corrected chi connectivity index (χ0v) is 13.0. The second kappa shape index (κ2) is 5.83. The molecule has 118 valence electrons. The van der Waals surface area contributed by atoms with Crippen LogP contribution in [0.3, 0.4) is 0 Å². The van der Waals surface area contributed by atoms with Crippen LogP contribution in [0.25, 0.3) is 0 Å².